The summed E-state index contributed by atoms with van der Waals surface area (Å²) in [6.45, 7) is 5.48. The van der Waals surface area contributed by atoms with Gasteiger partial charge >= 0.3 is 0 Å². The van der Waals surface area contributed by atoms with Crippen LogP contribution < -0.4 is 10.2 Å². The third kappa shape index (κ3) is 4.24. The Balaban J connectivity index is 1.58. The van der Waals surface area contributed by atoms with Crippen molar-refractivity contribution in [3.63, 3.8) is 0 Å². The number of nitrogens with zero attached hydrogens (tertiary/aromatic N) is 2. The maximum Gasteiger partial charge on any atom is 0.229 e. The van der Waals surface area contributed by atoms with Crippen LogP contribution in [0.4, 0.5) is 5.82 Å². The molecular weight excluding hydrogens is 400 g/mol. The van der Waals surface area contributed by atoms with Crippen LogP contribution in [0, 0.1) is 5.92 Å². The van der Waals surface area contributed by atoms with Crippen molar-refractivity contribution in [1.82, 2.24) is 15.5 Å². The van der Waals surface area contributed by atoms with E-state index in [9.17, 15) is 9.59 Å². The zero-order valence-corrected chi connectivity index (χ0v) is 16.5. The number of rotatable bonds is 7. The molecule has 1 saturated heterocycles. The van der Waals surface area contributed by atoms with Crippen LogP contribution in [0.5, 0.6) is 0 Å². The standard InChI is InChI=1S/C18H23BrN4O3/c1-11(2)26-7-3-6-20-18(25)12-8-16(24)23(10-12)17-14-5-4-13(19)9-15(14)21-22-17/h4-5,9,11-12H,3,6-8,10H2,1-2H3,(H,20,25)(H,21,22)/t12-/m1/s1. The average molecular weight is 423 g/mol. The van der Waals surface area contributed by atoms with Crippen molar-refractivity contribution in [1.29, 1.82) is 0 Å². The molecule has 1 aliphatic heterocycles. The summed E-state index contributed by atoms with van der Waals surface area (Å²) in [6, 6.07) is 5.73. The number of anilines is 1. The second-order valence-corrected chi connectivity index (χ2v) is 7.62. The van der Waals surface area contributed by atoms with E-state index in [2.05, 4.69) is 31.4 Å². The van der Waals surface area contributed by atoms with E-state index >= 15 is 0 Å². The number of hydrogen-bond acceptors (Lipinski definition) is 4. The van der Waals surface area contributed by atoms with Crippen LogP contribution >= 0.6 is 15.9 Å². The molecule has 1 aromatic carbocycles. The summed E-state index contributed by atoms with van der Waals surface area (Å²) >= 11 is 3.42. The van der Waals surface area contributed by atoms with Crippen LogP contribution in [0.25, 0.3) is 10.9 Å². The lowest BCUT2D eigenvalue weighted by Gasteiger charge is -2.14. The van der Waals surface area contributed by atoms with Gasteiger partial charge in [0, 0.05) is 36.0 Å². The Labute approximate surface area is 160 Å². The zero-order chi connectivity index (χ0) is 18.7. The molecule has 7 nitrogen and oxygen atoms in total. The monoisotopic (exact) mass is 422 g/mol. The van der Waals surface area contributed by atoms with Crippen LogP contribution in [0.3, 0.4) is 0 Å². The molecule has 2 aromatic rings. The van der Waals surface area contributed by atoms with E-state index < -0.39 is 0 Å². The summed E-state index contributed by atoms with van der Waals surface area (Å²) in [4.78, 5) is 26.4. The van der Waals surface area contributed by atoms with Crippen molar-refractivity contribution in [2.24, 2.45) is 5.92 Å². The molecule has 2 N–H and O–H groups in total. The molecule has 1 fully saturated rings. The Hall–Kier alpha value is -1.93. The van der Waals surface area contributed by atoms with Gasteiger partial charge in [-0.05, 0) is 38.5 Å². The summed E-state index contributed by atoms with van der Waals surface area (Å²) in [7, 11) is 0. The van der Waals surface area contributed by atoms with Crippen LogP contribution in [-0.4, -0.2) is 47.8 Å². The quantitative estimate of drug-likeness (QED) is 0.671. The normalized spacial score (nSPS) is 17.5. The second kappa shape index (κ2) is 8.18. The van der Waals surface area contributed by atoms with Crippen molar-refractivity contribution in [3.05, 3.63) is 22.7 Å². The fourth-order valence-corrected chi connectivity index (χ4v) is 3.38. The zero-order valence-electron chi connectivity index (χ0n) is 14.9. The van der Waals surface area contributed by atoms with Gasteiger partial charge < -0.3 is 10.1 Å². The predicted molar refractivity (Wildman–Crippen MR) is 103 cm³/mol. The Bertz CT molecular complexity index is 805. The van der Waals surface area contributed by atoms with E-state index in [0.29, 0.717) is 25.5 Å². The number of amides is 2. The minimum absolute atomic E-state index is 0.0791. The molecule has 2 heterocycles. The van der Waals surface area contributed by atoms with Crippen LogP contribution in [0.15, 0.2) is 22.7 Å². The number of H-pyrrole nitrogens is 1. The molecule has 3 rings (SSSR count). The smallest absolute Gasteiger partial charge is 0.229 e. The Morgan fingerprint density at radius 2 is 2.31 bits per heavy atom. The Kier molecular flexibility index (Phi) is 5.93. The highest BCUT2D eigenvalue weighted by atomic mass is 79.9. The minimum atomic E-state index is -0.351. The molecule has 0 aliphatic carbocycles. The first-order chi connectivity index (χ1) is 12.5. The molecule has 2 amide bonds. The fourth-order valence-electron chi connectivity index (χ4n) is 3.02. The van der Waals surface area contributed by atoms with Crippen molar-refractivity contribution < 1.29 is 14.3 Å². The molecule has 140 valence electrons. The molecule has 0 bridgehead atoms. The van der Waals surface area contributed by atoms with Gasteiger partial charge in [0.05, 0.1) is 17.5 Å². The summed E-state index contributed by atoms with van der Waals surface area (Å²) in [5, 5.41) is 11.0. The fraction of sp³-hybridized carbons (Fsp3) is 0.500. The van der Waals surface area contributed by atoms with Crippen molar-refractivity contribution in [2.75, 3.05) is 24.6 Å². The molecule has 26 heavy (non-hydrogen) atoms. The number of fused-ring (bicyclic) bond motifs is 1. The number of carbonyl (C=O) groups is 2. The molecule has 0 radical (unpaired) electrons. The van der Waals surface area contributed by atoms with Gasteiger partial charge in [0.25, 0.3) is 0 Å². The average Bonchev–Trinajstić information content (AvgIpc) is 3.16. The number of carbonyl (C=O) groups excluding carboxylic acids is 2. The lowest BCUT2D eigenvalue weighted by Crippen LogP contribution is -2.34. The minimum Gasteiger partial charge on any atom is -0.379 e. The largest absolute Gasteiger partial charge is 0.379 e. The summed E-state index contributed by atoms with van der Waals surface area (Å²) < 4.78 is 6.39. The number of aromatic nitrogens is 2. The Morgan fingerprint density at radius 3 is 3.08 bits per heavy atom. The summed E-state index contributed by atoms with van der Waals surface area (Å²) in [5.41, 5.74) is 0.847. The second-order valence-electron chi connectivity index (χ2n) is 6.71. The summed E-state index contributed by atoms with van der Waals surface area (Å²) in [6.07, 6.45) is 1.16. The van der Waals surface area contributed by atoms with Crippen LogP contribution in [0.1, 0.15) is 26.7 Å². The van der Waals surface area contributed by atoms with Crippen molar-refractivity contribution in [2.45, 2.75) is 32.8 Å². The van der Waals surface area contributed by atoms with E-state index in [4.69, 9.17) is 4.74 Å². The molecule has 1 atom stereocenters. The lowest BCUT2D eigenvalue weighted by atomic mass is 10.1. The van der Waals surface area contributed by atoms with Gasteiger partial charge in [0.2, 0.25) is 11.8 Å². The van der Waals surface area contributed by atoms with Crippen LogP contribution in [-0.2, 0) is 14.3 Å². The molecule has 0 spiro atoms. The van der Waals surface area contributed by atoms with E-state index in [1.807, 2.05) is 32.0 Å². The van der Waals surface area contributed by atoms with E-state index in [-0.39, 0.29) is 30.3 Å². The highest BCUT2D eigenvalue weighted by Crippen LogP contribution is 2.31. The van der Waals surface area contributed by atoms with Gasteiger partial charge in [0.1, 0.15) is 0 Å². The van der Waals surface area contributed by atoms with Gasteiger partial charge in [-0.15, -0.1) is 0 Å². The maximum atomic E-state index is 12.4. The molecule has 8 heteroatoms. The first-order valence-corrected chi connectivity index (χ1v) is 9.58. The van der Waals surface area contributed by atoms with Crippen molar-refractivity contribution >= 4 is 44.5 Å². The van der Waals surface area contributed by atoms with Gasteiger partial charge in [-0.1, -0.05) is 15.9 Å². The first kappa shape index (κ1) is 18.8. The van der Waals surface area contributed by atoms with Gasteiger partial charge in [-0.25, -0.2) is 0 Å². The third-order valence-electron chi connectivity index (χ3n) is 4.33. The van der Waals surface area contributed by atoms with E-state index in [1.54, 1.807) is 4.90 Å². The molecule has 1 aromatic heterocycles. The highest BCUT2D eigenvalue weighted by molar-refractivity contribution is 9.10. The summed E-state index contributed by atoms with van der Waals surface area (Å²) in [5.74, 6) is 0.0615. The van der Waals surface area contributed by atoms with Crippen LogP contribution in [0.2, 0.25) is 0 Å². The predicted octanol–water partition coefficient (Wildman–Crippen LogP) is 2.61. The number of benzene rings is 1. The lowest BCUT2D eigenvalue weighted by molar-refractivity contribution is -0.126. The maximum absolute atomic E-state index is 12.4. The first-order valence-electron chi connectivity index (χ1n) is 8.79. The van der Waals surface area contributed by atoms with Gasteiger partial charge in [-0.3, -0.25) is 19.6 Å². The SMILES string of the molecule is CC(C)OCCCNC(=O)[C@@H]1CC(=O)N(c2n[nH]c3cc(Br)ccc23)C1. The van der Waals surface area contributed by atoms with Gasteiger partial charge in [0.15, 0.2) is 5.82 Å². The molecule has 0 unspecified atom stereocenters. The number of hydrogen-bond donors (Lipinski definition) is 2. The topological polar surface area (TPSA) is 87.3 Å². The molecule has 1 aliphatic rings. The van der Waals surface area contributed by atoms with Gasteiger partial charge in [-0.2, -0.15) is 5.10 Å². The highest BCUT2D eigenvalue weighted by Gasteiger charge is 2.36. The van der Waals surface area contributed by atoms with Crippen molar-refractivity contribution in [3.8, 4) is 0 Å². The number of ether oxygens (including phenoxy) is 1. The van der Waals surface area contributed by atoms with E-state index in [1.165, 1.54) is 0 Å². The van der Waals surface area contributed by atoms with E-state index in [0.717, 1.165) is 21.8 Å². The molecular formula is C18H23BrN4O3. The Morgan fingerprint density at radius 1 is 1.50 bits per heavy atom. The molecule has 0 saturated carbocycles. The number of aromatic amines is 1. The number of nitrogens with one attached hydrogen (secondary N) is 2. The number of halogens is 1. The third-order valence-corrected chi connectivity index (χ3v) is 4.82.